The maximum absolute atomic E-state index is 13.0. The Morgan fingerprint density at radius 2 is 1.97 bits per heavy atom. The Kier molecular flexibility index (Phi) is 10.4. The summed E-state index contributed by atoms with van der Waals surface area (Å²) in [5, 5.41) is 0. The van der Waals surface area contributed by atoms with Crippen LogP contribution in [-0.4, -0.2) is 49.7 Å². The smallest absolute Gasteiger partial charge is 0.223 e. The molecule has 4 nitrogen and oxygen atoms in total. The van der Waals surface area contributed by atoms with Crippen molar-refractivity contribution in [1.82, 2.24) is 4.90 Å². The second-order valence-electron chi connectivity index (χ2n) is 10.9. The highest BCUT2D eigenvalue weighted by atomic mass is 16.2. The van der Waals surface area contributed by atoms with E-state index in [9.17, 15) is 4.79 Å². The molecule has 0 aromatic heterocycles. The van der Waals surface area contributed by atoms with Gasteiger partial charge in [0.15, 0.2) is 0 Å². The molecule has 0 radical (unpaired) electrons. The highest BCUT2D eigenvalue weighted by Gasteiger charge is 2.22. The van der Waals surface area contributed by atoms with E-state index in [1.54, 1.807) is 0 Å². The molecular formula is C29H45N3O. The van der Waals surface area contributed by atoms with Crippen LogP contribution < -0.4 is 4.90 Å². The fourth-order valence-electron chi connectivity index (χ4n) is 4.14. The average Bonchev–Trinajstić information content (AvgIpc) is 2.73. The molecule has 1 aromatic carbocycles. The summed E-state index contributed by atoms with van der Waals surface area (Å²) < 4.78 is 0. The molecule has 0 saturated heterocycles. The van der Waals surface area contributed by atoms with Gasteiger partial charge in [0.2, 0.25) is 5.91 Å². The van der Waals surface area contributed by atoms with E-state index < -0.39 is 0 Å². The summed E-state index contributed by atoms with van der Waals surface area (Å²) in [5.74, 6) is 0.740. The van der Waals surface area contributed by atoms with Crippen molar-refractivity contribution < 1.29 is 4.79 Å². The van der Waals surface area contributed by atoms with Crippen LogP contribution in [0.1, 0.15) is 71.9 Å². The Hall–Kier alpha value is -2.36. The number of dihydropyridines is 1. The molecule has 4 heteroatoms. The highest BCUT2D eigenvalue weighted by molar-refractivity contribution is 5.81. The number of allylic oxidation sites excluding steroid dienone is 1. The SMILES string of the molecule is C/C=C\c1cc(N(CCCN(CC(C)C)C(=O)CC(C)(C)C)CC2=CCCN=C2)ccc1C. The zero-order valence-corrected chi connectivity index (χ0v) is 22.0. The molecule has 33 heavy (non-hydrogen) atoms. The van der Waals surface area contributed by atoms with E-state index in [1.165, 1.54) is 22.4 Å². The van der Waals surface area contributed by atoms with Crippen molar-refractivity contribution in [3.8, 4) is 0 Å². The zero-order chi connectivity index (χ0) is 24.4. The maximum Gasteiger partial charge on any atom is 0.223 e. The summed E-state index contributed by atoms with van der Waals surface area (Å²) in [7, 11) is 0. The summed E-state index contributed by atoms with van der Waals surface area (Å²) in [6.45, 7) is 19.3. The van der Waals surface area contributed by atoms with Crippen molar-refractivity contribution in [2.24, 2.45) is 16.3 Å². The number of amides is 1. The Bertz CT molecular complexity index is 858. The first-order chi connectivity index (χ1) is 15.6. The lowest BCUT2D eigenvalue weighted by Gasteiger charge is -2.31. The molecule has 1 heterocycles. The first-order valence-electron chi connectivity index (χ1n) is 12.5. The lowest BCUT2D eigenvalue weighted by atomic mass is 9.91. The van der Waals surface area contributed by atoms with Gasteiger partial charge in [0.25, 0.3) is 0 Å². The van der Waals surface area contributed by atoms with E-state index in [-0.39, 0.29) is 11.3 Å². The van der Waals surface area contributed by atoms with Crippen molar-refractivity contribution in [2.45, 2.75) is 67.7 Å². The third-order valence-electron chi connectivity index (χ3n) is 5.75. The number of nitrogens with zero attached hydrogens (tertiary/aromatic N) is 3. The quantitative estimate of drug-likeness (QED) is 0.383. The van der Waals surface area contributed by atoms with Crippen LogP contribution in [0, 0.1) is 18.3 Å². The molecule has 1 amide bonds. The molecule has 1 aromatic rings. The molecule has 0 atom stereocenters. The van der Waals surface area contributed by atoms with Gasteiger partial charge in [-0.05, 0) is 66.9 Å². The molecule has 0 unspecified atom stereocenters. The van der Waals surface area contributed by atoms with Gasteiger partial charge < -0.3 is 9.80 Å². The van der Waals surface area contributed by atoms with Crippen LogP contribution in [0.15, 0.2) is 40.9 Å². The van der Waals surface area contributed by atoms with Gasteiger partial charge in [0.05, 0.1) is 0 Å². The van der Waals surface area contributed by atoms with E-state index in [2.05, 4.69) is 99.7 Å². The van der Waals surface area contributed by atoms with E-state index in [0.717, 1.165) is 45.6 Å². The number of hydrogen-bond acceptors (Lipinski definition) is 3. The maximum atomic E-state index is 13.0. The molecule has 182 valence electrons. The first-order valence-corrected chi connectivity index (χ1v) is 12.5. The molecule has 1 aliphatic rings. The minimum Gasteiger partial charge on any atom is -0.367 e. The number of carbonyl (C=O) groups is 1. The normalized spacial score (nSPS) is 14.1. The van der Waals surface area contributed by atoms with Gasteiger partial charge in [0, 0.05) is 51.0 Å². The number of carbonyl (C=O) groups excluding carboxylic acids is 1. The highest BCUT2D eigenvalue weighted by Crippen LogP contribution is 2.23. The third-order valence-corrected chi connectivity index (χ3v) is 5.75. The molecule has 0 saturated carbocycles. The minimum absolute atomic E-state index is 0.0102. The summed E-state index contributed by atoms with van der Waals surface area (Å²) in [6.07, 6.45) is 11.2. The summed E-state index contributed by atoms with van der Waals surface area (Å²) in [6, 6.07) is 6.71. The largest absolute Gasteiger partial charge is 0.367 e. The molecule has 0 N–H and O–H groups in total. The number of hydrogen-bond donors (Lipinski definition) is 0. The fraction of sp³-hybridized carbons (Fsp3) is 0.586. The van der Waals surface area contributed by atoms with Crippen molar-refractivity contribution in [3.05, 3.63) is 47.1 Å². The monoisotopic (exact) mass is 451 g/mol. The van der Waals surface area contributed by atoms with Crippen LogP contribution in [0.4, 0.5) is 5.69 Å². The van der Waals surface area contributed by atoms with Crippen molar-refractivity contribution in [3.63, 3.8) is 0 Å². The first kappa shape index (κ1) is 26.9. The molecule has 0 aliphatic carbocycles. The topological polar surface area (TPSA) is 35.9 Å². The lowest BCUT2D eigenvalue weighted by molar-refractivity contribution is -0.133. The molecule has 0 fully saturated rings. The number of anilines is 1. The van der Waals surface area contributed by atoms with E-state index in [0.29, 0.717) is 12.3 Å². The number of rotatable bonds is 11. The van der Waals surface area contributed by atoms with Crippen LogP contribution in [0.3, 0.4) is 0 Å². The fourth-order valence-corrected chi connectivity index (χ4v) is 4.14. The summed E-state index contributed by atoms with van der Waals surface area (Å²) >= 11 is 0. The predicted octanol–water partition coefficient (Wildman–Crippen LogP) is 6.55. The minimum atomic E-state index is 0.0102. The Morgan fingerprint density at radius 3 is 2.58 bits per heavy atom. The second kappa shape index (κ2) is 12.8. The van der Waals surface area contributed by atoms with E-state index in [1.807, 2.05) is 6.21 Å². The number of benzene rings is 1. The molecule has 1 aliphatic heterocycles. The van der Waals surface area contributed by atoms with Crippen LogP contribution in [0.2, 0.25) is 0 Å². The van der Waals surface area contributed by atoms with Gasteiger partial charge >= 0.3 is 0 Å². The zero-order valence-electron chi connectivity index (χ0n) is 22.0. The summed E-state index contributed by atoms with van der Waals surface area (Å²) in [5.41, 5.74) is 5.05. The van der Waals surface area contributed by atoms with Crippen LogP contribution in [0.25, 0.3) is 6.08 Å². The van der Waals surface area contributed by atoms with Gasteiger partial charge in [-0.3, -0.25) is 9.79 Å². The van der Waals surface area contributed by atoms with Crippen LogP contribution in [0.5, 0.6) is 0 Å². The predicted molar refractivity (Wildman–Crippen MR) is 144 cm³/mol. The Morgan fingerprint density at radius 1 is 1.21 bits per heavy atom. The summed E-state index contributed by atoms with van der Waals surface area (Å²) in [4.78, 5) is 22.0. The number of aryl methyl sites for hydroxylation is 1. The second-order valence-corrected chi connectivity index (χ2v) is 10.9. The Balaban J connectivity index is 2.16. The van der Waals surface area contributed by atoms with E-state index in [4.69, 9.17) is 0 Å². The average molecular weight is 452 g/mol. The molecular weight excluding hydrogens is 406 g/mol. The lowest BCUT2D eigenvalue weighted by Crippen LogP contribution is -2.38. The van der Waals surface area contributed by atoms with Crippen molar-refractivity contribution in [1.29, 1.82) is 0 Å². The van der Waals surface area contributed by atoms with E-state index >= 15 is 0 Å². The van der Waals surface area contributed by atoms with Crippen LogP contribution >= 0.6 is 0 Å². The van der Waals surface area contributed by atoms with Gasteiger partial charge in [-0.1, -0.05) is 58.9 Å². The standard InChI is InChI=1S/C29H45N3O/c1-8-11-26-18-27(14-13-24(26)4)31(22-25-12-9-15-30-20-25)16-10-17-32(21-23(2)3)28(33)19-29(5,6)7/h8,11-14,18,20,23H,9-10,15-17,19,21-22H2,1-7H3/b11-8-. The molecule has 0 bridgehead atoms. The van der Waals surface area contributed by atoms with Crippen molar-refractivity contribution in [2.75, 3.05) is 37.6 Å². The number of aliphatic imine (C=N–C) groups is 1. The van der Waals surface area contributed by atoms with Crippen molar-refractivity contribution >= 4 is 23.9 Å². The van der Waals surface area contributed by atoms with Gasteiger partial charge in [-0.15, -0.1) is 0 Å². The molecule has 2 rings (SSSR count). The van der Waals surface area contributed by atoms with Gasteiger partial charge in [0.1, 0.15) is 0 Å². The Labute approximate surface area is 202 Å². The van der Waals surface area contributed by atoms with Crippen LogP contribution in [-0.2, 0) is 4.79 Å². The third kappa shape index (κ3) is 9.57. The molecule has 0 spiro atoms. The van der Waals surface area contributed by atoms with Gasteiger partial charge in [-0.25, -0.2) is 0 Å². The van der Waals surface area contributed by atoms with Gasteiger partial charge in [-0.2, -0.15) is 0 Å².